The summed E-state index contributed by atoms with van der Waals surface area (Å²) < 4.78 is 40.8. The predicted octanol–water partition coefficient (Wildman–Crippen LogP) is 3.13. The molecule has 0 aliphatic carbocycles. The van der Waals surface area contributed by atoms with Gasteiger partial charge in [0.15, 0.2) is 5.69 Å². The Hall–Kier alpha value is -2.56. The molecule has 1 amide bonds. The standard InChI is InChI=1S/C15H15BF3N3O3.C3H5Cl/c1-3-9(2)22-13(15(17,18)19)12(8-20-22)14(23)21-11-6-4-5-10(7-11)16(24)25;1-2-3-4/h3-8,24-25H,1-2H3,(H,21,23);2H,1,3H2/b9-3+;. The van der Waals surface area contributed by atoms with E-state index in [4.69, 9.17) is 21.6 Å². The van der Waals surface area contributed by atoms with Crippen LogP contribution in [0.3, 0.4) is 0 Å². The maximum Gasteiger partial charge on any atom is 0.488 e. The lowest BCUT2D eigenvalue weighted by Gasteiger charge is -2.13. The van der Waals surface area contributed by atoms with Crippen molar-refractivity contribution in [2.24, 2.45) is 0 Å². The van der Waals surface area contributed by atoms with Crippen LogP contribution in [0, 0.1) is 0 Å². The lowest BCUT2D eigenvalue weighted by Crippen LogP contribution is -2.30. The number of halogens is 4. The molecule has 11 heteroatoms. The number of hydrogen-bond donors (Lipinski definition) is 3. The summed E-state index contributed by atoms with van der Waals surface area (Å²) in [5, 5.41) is 24.2. The van der Waals surface area contributed by atoms with Crippen LogP contribution in [0.15, 0.2) is 49.2 Å². The summed E-state index contributed by atoms with van der Waals surface area (Å²) in [7, 11) is -1.76. The van der Waals surface area contributed by atoms with Crippen molar-refractivity contribution < 1.29 is 28.0 Å². The highest BCUT2D eigenvalue weighted by atomic mass is 35.5. The van der Waals surface area contributed by atoms with E-state index in [1.165, 1.54) is 37.3 Å². The molecule has 0 fully saturated rings. The highest BCUT2D eigenvalue weighted by Crippen LogP contribution is 2.33. The van der Waals surface area contributed by atoms with Gasteiger partial charge in [0.05, 0.1) is 11.8 Å². The molecular formula is C18H20BClF3N3O3. The van der Waals surface area contributed by atoms with Crippen LogP contribution in [0.25, 0.3) is 5.70 Å². The number of rotatable bonds is 5. The average molecular weight is 430 g/mol. The Kier molecular flexibility index (Phi) is 9.15. The molecule has 0 bridgehead atoms. The van der Waals surface area contributed by atoms with Crippen molar-refractivity contribution in [3.05, 3.63) is 60.5 Å². The molecule has 0 unspecified atom stereocenters. The zero-order chi connectivity index (χ0) is 22.2. The number of nitrogens with zero attached hydrogens (tertiary/aromatic N) is 2. The summed E-state index contributed by atoms with van der Waals surface area (Å²) in [4.78, 5) is 12.3. The molecular weight excluding hydrogens is 409 g/mol. The summed E-state index contributed by atoms with van der Waals surface area (Å²) in [5.41, 5.74) is -1.38. The Balaban J connectivity index is 0.000000960. The van der Waals surface area contributed by atoms with Crippen LogP contribution in [0.4, 0.5) is 18.9 Å². The molecule has 6 nitrogen and oxygen atoms in total. The fourth-order valence-electron chi connectivity index (χ4n) is 2.15. The monoisotopic (exact) mass is 429 g/mol. The average Bonchev–Trinajstić information content (AvgIpc) is 3.13. The number of benzene rings is 1. The molecule has 3 N–H and O–H groups in total. The van der Waals surface area contributed by atoms with E-state index in [0.717, 1.165) is 6.20 Å². The highest BCUT2D eigenvalue weighted by Gasteiger charge is 2.40. The Morgan fingerprint density at radius 3 is 2.52 bits per heavy atom. The van der Waals surface area contributed by atoms with E-state index >= 15 is 0 Å². The topological polar surface area (TPSA) is 87.4 Å². The number of nitrogens with one attached hydrogen (secondary N) is 1. The van der Waals surface area contributed by atoms with Crippen LogP contribution >= 0.6 is 11.6 Å². The first kappa shape index (κ1) is 24.5. The zero-order valence-electron chi connectivity index (χ0n) is 15.7. The maximum atomic E-state index is 13.4. The first-order valence-corrected chi connectivity index (χ1v) is 8.83. The van der Waals surface area contributed by atoms with E-state index in [2.05, 4.69) is 17.0 Å². The van der Waals surface area contributed by atoms with Gasteiger partial charge < -0.3 is 15.4 Å². The van der Waals surface area contributed by atoms with Gasteiger partial charge in [-0.1, -0.05) is 24.3 Å². The summed E-state index contributed by atoms with van der Waals surface area (Å²) in [6, 6.07) is 5.49. The molecule has 1 heterocycles. The summed E-state index contributed by atoms with van der Waals surface area (Å²) in [5.74, 6) is -0.452. The Morgan fingerprint density at radius 1 is 1.41 bits per heavy atom. The lowest BCUT2D eigenvalue weighted by molar-refractivity contribution is -0.143. The Labute approximate surface area is 171 Å². The number of carbonyl (C=O) groups excluding carboxylic acids is 1. The predicted molar refractivity (Wildman–Crippen MR) is 108 cm³/mol. The molecule has 156 valence electrons. The summed E-state index contributed by atoms with van der Waals surface area (Å²) in [6.07, 6.45) is -0.857. The van der Waals surface area contributed by atoms with Gasteiger partial charge in [0.2, 0.25) is 0 Å². The van der Waals surface area contributed by atoms with E-state index in [1.54, 1.807) is 13.0 Å². The lowest BCUT2D eigenvalue weighted by atomic mass is 9.80. The first-order valence-electron chi connectivity index (χ1n) is 8.29. The minimum atomic E-state index is -4.78. The largest absolute Gasteiger partial charge is 0.488 e. The number of amides is 1. The van der Waals surface area contributed by atoms with Gasteiger partial charge in [-0.2, -0.15) is 18.3 Å². The highest BCUT2D eigenvalue weighted by molar-refractivity contribution is 6.58. The first-order chi connectivity index (χ1) is 13.6. The van der Waals surface area contributed by atoms with Crippen molar-refractivity contribution in [3.8, 4) is 0 Å². The minimum Gasteiger partial charge on any atom is -0.423 e. The van der Waals surface area contributed by atoms with Crippen molar-refractivity contribution in [2.45, 2.75) is 20.0 Å². The molecule has 2 aromatic rings. The Morgan fingerprint density at radius 2 is 2.03 bits per heavy atom. The van der Waals surface area contributed by atoms with E-state index in [0.29, 0.717) is 10.6 Å². The van der Waals surface area contributed by atoms with Gasteiger partial charge in [0.25, 0.3) is 5.91 Å². The number of allylic oxidation sites excluding steroid dienone is 3. The van der Waals surface area contributed by atoms with Crippen LogP contribution in [-0.4, -0.2) is 38.7 Å². The molecule has 0 aliphatic rings. The van der Waals surface area contributed by atoms with Gasteiger partial charge in [-0.15, -0.1) is 18.2 Å². The number of alkyl halides is 4. The third-order valence-electron chi connectivity index (χ3n) is 3.59. The van der Waals surface area contributed by atoms with Crippen molar-refractivity contribution in [1.29, 1.82) is 0 Å². The van der Waals surface area contributed by atoms with E-state index in [9.17, 15) is 18.0 Å². The zero-order valence-corrected chi connectivity index (χ0v) is 16.5. The van der Waals surface area contributed by atoms with Gasteiger partial charge in [-0.3, -0.25) is 4.79 Å². The van der Waals surface area contributed by atoms with Crippen LogP contribution < -0.4 is 10.8 Å². The third kappa shape index (κ3) is 6.77. The second kappa shape index (κ2) is 10.8. The molecule has 0 saturated carbocycles. The molecule has 0 aliphatic heterocycles. The summed E-state index contributed by atoms with van der Waals surface area (Å²) in [6.45, 7) is 6.35. The van der Waals surface area contributed by atoms with Gasteiger partial charge in [-0.05, 0) is 31.4 Å². The number of hydrogen-bond acceptors (Lipinski definition) is 4. The smallest absolute Gasteiger partial charge is 0.423 e. The minimum absolute atomic E-state index is 0.0919. The summed E-state index contributed by atoms with van der Waals surface area (Å²) >= 11 is 5.07. The van der Waals surface area contributed by atoms with Crippen LogP contribution in [0.2, 0.25) is 0 Å². The van der Waals surface area contributed by atoms with Crippen LogP contribution in [0.5, 0.6) is 0 Å². The fourth-order valence-corrected chi connectivity index (χ4v) is 2.15. The molecule has 1 aromatic carbocycles. The third-order valence-corrected chi connectivity index (χ3v) is 3.80. The molecule has 0 radical (unpaired) electrons. The SMILES string of the molecule is C/C=C(\C)n1ncc(C(=O)Nc2cccc(B(O)O)c2)c1C(F)(F)F.C=CCCl. The van der Waals surface area contributed by atoms with E-state index in [1.807, 2.05) is 0 Å². The van der Waals surface area contributed by atoms with Crippen LogP contribution in [-0.2, 0) is 6.18 Å². The maximum absolute atomic E-state index is 13.4. The molecule has 1 aromatic heterocycles. The second-order valence-electron chi connectivity index (χ2n) is 5.64. The second-order valence-corrected chi connectivity index (χ2v) is 5.95. The molecule has 0 atom stereocenters. The van der Waals surface area contributed by atoms with Crippen molar-refractivity contribution in [3.63, 3.8) is 0 Å². The molecule has 0 spiro atoms. The van der Waals surface area contributed by atoms with Gasteiger partial charge in [-0.25, -0.2) is 4.68 Å². The van der Waals surface area contributed by atoms with Gasteiger partial charge in [0, 0.05) is 17.3 Å². The number of carbonyl (C=O) groups is 1. The van der Waals surface area contributed by atoms with Gasteiger partial charge in [0.1, 0.15) is 0 Å². The van der Waals surface area contributed by atoms with Crippen molar-refractivity contribution in [2.75, 3.05) is 11.2 Å². The number of anilines is 1. The Bertz CT molecular complexity index is 883. The van der Waals surface area contributed by atoms with E-state index < -0.39 is 30.5 Å². The van der Waals surface area contributed by atoms with Crippen molar-refractivity contribution >= 4 is 41.5 Å². The molecule has 29 heavy (non-hydrogen) atoms. The normalized spacial score (nSPS) is 11.4. The van der Waals surface area contributed by atoms with Crippen LogP contribution in [0.1, 0.15) is 29.9 Å². The van der Waals surface area contributed by atoms with Gasteiger partial charge >= 0.3 is 13.3 Å². The fraction of sp³-hybridized carbons (Fsp3) is 0.222. The van der Waals surface area contributed by atoms with Crippen molar-refractivity contribution in [1.82, 2.24) is 9.78 Å². The quantitative estimate of drug-likeness (QED) is 0.387. The molecule has 2 rings (SSSR count). The number of aromatic nitrogens is 2. The van der Waals surface area contributed by atoms with E-state index in [-0.39, 0.29) is 16.8 Å². The molecule has 0 saturated heterocycles.